The van der Waals surface area contributed by atoms with Gasteiger partial charge in [0.2, 0.25) is 15.9 Å². The highest BCUT2D eigenvalue weighted by atomic mass is 35.5. The third-order valence-electron chi connectivity index (χ3n) is 4.43. The predicted octanol–water partition coefficient (Wildman–Crippen LogP) is 1.29. The van der Waals surface area contributed by atoms with Crippen molar-refractivity contribution in [2.24, 2.45) is 5.92 Å². The molecule has 2 rings (SSSR count). The summed E-state index contributed by atoms with van der Waals surface area (Å²) in [5.41, 5.74) is 0. The number of nitrogens with one attached hydrogen (secondary N) is 1. The fourth-order valence-corrected chi connectivity index (χ4v) is 5.03. The summed E-state index contributed by atoms with van der Waals surface area (Å²) in [6.07, 6.45) is 0.804. The summed E-state index contributed by atoms with van der Waals surface area (Å²) in [5.74, 6) is -0.570. The highest BCUT2D eigenvalue weighted by Crippen LogP contribution is 2.24. The van der Waals surface area contributed by atoms with E-state index in [9.17, 15) is 21.6 Å². The summed E-state index contributed by atoms with van der Waals surface area (Å²) >= 11 is 5.79. The molecule has 1 N–H and O–H groups in total. The van der Waals surface area contributed by atoms with Gasteiger partial charge in [0, 0.05) is 36.3 Å². The van der Waals surface area contributed by atoms with Gasteiger partial charge in [0.15, 0.2) is 9.84 Å². The van der Waals surface area contributed by atoms with E-state index >= 15 is 0 Å². The number of carbonyl (C=O) groups excluding carboxylic acids is 1. The number of rotatable bonds is 7. The zero-order valence-electron chi connectivity index (χ0n) is 14.5. The molecule has 1 saturated heterocycles. The van der Waals surface area contributed by atoms with Crippen LogP contribution in [0.25, 0.3) is 0 Å². The number of sulfonamides is 1. The summed E-state index contributed by atoms with van der Waals surface area (Å²) in [5, 5.41) is 3.10. The van der Waals surface area contributed by atoms with Crippen LogP contribution in [0.1, 0.15) is 19.8 Å². The minimum atomic E-state index is -3.60. The Balaban J connectivity index is 1.88. The van der Waals surface area contributed by atoms with Crippen molar-refractivity contribution in [3.05, 3.63) is 29.3 Å². The molecule has 0 unspecified atom stereocenters. The van der Waals surface area contributed by atoms with E-state index in [1.165, 1.54) is 28.6 Å². The monoisotopic (exact) mass is 422 g/mol. The number of carbonyl (C=O) groups is 1. The first-order chi connectivity index (χ1) is 12.2. The number of nitrogens with zero attached hydrogens (tertiary/aromatic N) is 1. The maximum absolute atomic E-state index is 12.6. The quantitative estimate of drug-likeness (QED) is 0.713. The zero-order chi connectivity index (χ0) is 19.4. The Kier molecular flexibility index (Phi) is 7.06. The molecule has 1 amide bonds. The van der Waals surface area contributed by atoms with Crippen molar-refractivity contribution in [1.82, 2.24) is 9.62 Å². The maximum atomic E-state index is 12.6. The molecule has 0 aliphatic carbocycles. The first kappa shape index (κ1) is 21.1. The Labute approximate surface area is 159 Å². The Hall–Kier alpha value is -1.16. The van der Waals surface area contributed by atoms with Gasteiger partial charge in [-0.05, 0) is 37.1 Å². The molecule has 0 atom stereocenters. The zero-order valence-corrected chi connectivity index (χ0v) is 16.9. The number of benzene rings is 1. The van der Waals surface area contributed by atoms with Gasteiger partial charge in [0.05, 0.1) is 10.6 Å². The molecule has 1 aromatic carbocycles. The molecule has 0 spiro atoms. The minimum Gasteiger partial charge on any atom is -0.355 e. The SMILES string of the molecule is CCS(=O)(=O)CCNC(=O)C1CCN(S(=O)(=O)c2ccc(Cl)cc2)CC1. The van der Waals surface area contributed by atoms with Crippen molar-refractivity contribution in [3.63, 3.8) is 0 Å². The summed E-state index contributed by atoms with van der Waals surface area (Å²) in [4.78, 5) is 12.3. The Morgan fingerprint density at radius 3 is 2.27 bits per heavy atom. The Morgan fingerprint density at radius 2 is 1.73 bits per heavy atom. The molecule has 1 heterocycles. The number of halogens is 1. The van der Waals surface area contributed by atoms with E-state index < -0.39 is 19.9 Å². The molecule has 7 nitrogen and oxygen atoms in total. The second-order valence-electron chi connectivity index (χ2n) is 6.16. The van der Waals surface area contributed by atoms with Crippen LogP contribution in [0.5, 0.6) is 0 Å². The van der Waals surface area contributed by atoms with Gasteiger partial charge in [0.1, 0.15) is 0 Å². The topological polar surface area (TPSA) is 101 Å². The normalized spacial score (nSPS) is 17.2. The summed E-state index contributed by atoms with van der Waals surface area (Å²) in [6.45, 7) is 2.14. The first-order valence-corrected chi connectivity index (χ1v) is 12.0. The van der Waals surface area contributed by atoms with Crippen LogP contribution in [-0.4, -0.2) is 58.2 Å². The van der Waals surface area contributed by atoms with Crippen LogP contribution in [0.2, 0.25) is 5.02 Å². The van der Waals surface area contributed by atoms with Crippen molar-refractivity contribution in [1.29, 1.82) is 0 Å². The third kappa shape index (κ3) is 5.42. The van der Waals surface area contributed by atoms with Crippen LogP contribution >= 0.6 is 11.6 Å². The third-order valence-corrected chi connectivity index (χ3v) is 8.30. The van der Waals surface area contributed by atoms with Gasteiger partial charge < -0.3 is 5.32 Å². The molecule has 10 heteroatoms. The smallest absolute Gasteiger partial charge is 0.243 e. The van der Waals surface area contributed by atoms with Gasteiger partial charge in [-0.1, -0.05) is 18.5 Å². The molecule has 1 aliphatic heterocycles. The van der Waals surface area contributed by atoms with Crippen LogP contribution in [-0.2, 0) is 24.7 Å². The van der Waals surface area contributed by atoms with E-state index in [4.69, 9.17) is 11.6 Å². The summed E-state index contributed by atoms with van der Waals surface area (Å²) < 4.78 is 49.4. The number of piperidine rings is 1. The lowest BCUT2D eigenvalue weighted by Crippen LogP contribution is -2.43. The highest BCUT2D eigenvalue weighted by molar-refractivity contribution is 7.91. The molecule has 0 aromatic heterocycles. The van der Waals surface area contributed by atoms with Crippen LogP contribution in [0.4, 0.5) is 0 Å². The molecule has 0 radical (unpaired) electrons. The molecular formula is C16H23ClN2O5S2. The lowest BCUT2D eigenvalue weighted by Gasteiger charge is -2.30. The highest BCUT2D eigenvalue weighted by Gasteiger charge is 2.32. The van der Waals surface area contributed by atoms with Crippen molar-refractivity contribution in [3.8, 4) is 0 Å². The van der Waals surface area contributed by atoms with Crippen molar-refractivity contribution in [2.75, 3.05) is 31.1 Å². The van der Waals surface area contributed by atoms with Crippen LogP contribution < -0.4 is 5.32 Å². The lowest BCUT2D eigenvalue weighted by molar-refractivity contribution is -0.125. The first-order valence-electron chi connectivity index (χ1n) is 8.39. The summed E-state index contributed by atoms with van der Waals surface area (Å²) in [7, 11) is -6.72. The van der Waals surface area contributed by atoms with E-state index in [0.717, 1.165) is 0 Å². The van der Waals surface area contributed by atoms with Crippen molar-refractivity contribution in [2.45, 2.75) is 24.7 Å². The average Bonchev–Trinajstić information content (AvgIpc) is 2.62. The largest absolute Gasteiger partial charge is 0.355 e. The van der Waals surface area contributed by atoms with Gasteiger partial charge in [-0.25, -0.2) is 16.8 Å². The second-order valence-corrected chi connectivity index (χ2v) is 11.0. The van der Waals surface area contributed by atoms with E-state index in [1.807, 2.05) is 0 Å². The molecule has 0 bridgehead atoms. The van der Waals surface area contributed by atoms with Crippen LogP contribution in [0, 0.1) is 5.92 Å². The number of amides is 1. The Morgan fingerprint density at radius 1 is 1.15 bits per heavy atom. The number of sulfone groups is 1. The lowest BCUT2D eigenvalue weighted by atomic mass is 9.97. The second kappa shape index (κ2) is 8.69. The Bertz CT molecular complexity index is 830. The van der Waals surface area contributed by atoms with Crippen LogP contribution in [0.3, 0.4) is 0 Å². The predicted molar refractivity (Wildman–Crippen MR) is 100 cm³/mol. The van der Waals surface area contributed by atoms with Crippen molar-refractivity contribution >= 4 is 37.4 Å². The minimum absolute atomic E-state index is 0.0455. The molecule has 0 saturated carbocycles. The van der Waals surface area contributed by atoms with Gasteiger partial charge in [0.25, 0.3) is 0 Å². The molecule has 146 valence electrons. The number of hydrogen-bond acceptors (Lipinski definition) is 5. The van der Waals surface area contributed by atoms with E-state index in [0.29, 0.717) is 17.9 Å². The molecule has 26 heavy (non-hydrogen) atoms. The van der Waals surface area contributed by atoms with Crippen LogP contribution in [0.15, 0.2) is 29.2 Å². The molecule has 1 aromatic rings. The fraction of sp³-hybridized carbons (Fsp3) is 0.562. The van der Waals surface area contributed by atoms with E-state index in [-0.39, 0.29) is 47.9 Å². The van der Waals surface area contributed by atoms with Gasteiger partial charge in [-0.15, -0.1) is 0 Å². The van der Waals surface area contributed by atoms with Crippen molar-refractivity contribution < 1.29 is 21.6 Å². The standard InChI is InChI=1S/C16H23ClN2O5S2/c1-2-25(21,22)12-9-18-16(20)13-7-10-19(11-8-13)26(23,24)15-5-3-14(17)4-6-15/h3-6,13H,2,7-12H2,1H3,(H,18,20). The maximum Gasteiger partial charge on any atom is 0.243 e. The fourth-order valence-electron chi connectivity index (χ4n) is 2.73. The van der Waals surface area contributed by atoms with Gasteiger partial charge >= 0.3 is 0 Å². The summed E-state index contributed by atoms with van der Waals surface area (Å²) in [6, 6.07) is 5.98. The van der Waals surface area contributed by atoms with E-state index in [1.54, 1.807) is 6.92 Å². The molecule has 1 fully saturated rings. The number of hydrogen-bond donors (Lipinski definition) is 1. The van der Waals surface area contributed by atoms with E-state index in [2.05, 4.69) is 5.32 Å². The molecule has 1 aliphatic rings. The molecular weight excluding hydrogens is 400 g/mol. The average molecular weight is 423 g/mol. The van der Waals surface area contributed by atoms with Gasteiger partial charge in [-0.2, -0.15) is 4.31 Å². The van der Waals surface area contributed by atoms with Gasteiger partial charge in [-0.3, -0.25) is 4.79 Å².